The monoisotopic (exact) mass is 374 g/mol. The number of carbonyl (C=O) groups excluding carboxylic acids is 2. The van der Waals surface area contributed by atoms with E-state index in [2.05, 4.69) is 10.3 Å². The fraction of sp³-hybridized carbons (Fsp3) is 0.450. The van der Waals surface area contributed by atoms with Crippen LogP contribution in [0.4, 0.5) is 5.69 Å². The molecule has 0 aliphatic rings. The van der Waals surface area contributed by atoms with Crippen molar-refractivity contribution in [1.29, 1.82) is 0 Å². The van der Waals surface area contributed by atoms with Crippen molar-refractivity contribution in [2.45, 2.75) is 33.1 Å². The summed E-state index contributed by atoms with van der Waals surface area (Å²) in [5.41, 5.74) is 1.98. The summed E-state index contributed by atoms with van der Waals surface area (Å²) in [6.07, 6.45) is 3.93. The van der Waals surface area contributed by atoms with Gasteiger partial charge in [0, 0.05) is 24.7 Å². The molecule has 2 rings (SSSR count). The number of anilines is 1. The van der Waals surface area contributed by atoms with E-state index in [9.17, 15) is 9.59 Å². The van der Waals surface area contributed by atoms with E-state index in [-0.39, 0.29) is 19.8 Å². The third kappa shape index (κ3) is 5.40. The number of rotatable bonds is 10. The Morgan fingerprint density at radius 2 is 1.81 bits per heavy atom. The Hall–Kier alpha value is -2.67. The van der Waals surface area contributed by atoms with Gasteiger partial charge in [-0.1, -0.05) is 0 Å². The number of carbonyl (C=O) groups is 2. The number of aromatic nitrogens is 1. The fourth-order valence-electron chi connectivity index (χ4n) is 2.72. The molecule has 0 radical (unpaired) electrons. The van der Waals surface area contributed by atoms with Gasteiger partial charge in [0.25, 0.3) is 0 Å². The normalized spacial score (nSPS) is 10.6. The van der Waals surface area contributed by atoms with Crippen molar-refractivity contribution in [2.24, 2.45) is 0 Å². The number of nitrogens with zero attached hydrogens (tertiary/aromatic N) is 1. The molecule has 0 amide bonds. The molecule has 2 aromatic rings. The standard InChI is InChI=1S/C20H26N2O5/c1-3-26-19(24)14-8-9-17-15(12-14)18(21-10-6-5-7-11-23)16(13-22-17)20(25)27-4-2/h8-9,12-13,23H,3-7,10-11H2,1-2H3,(H,21,22). The van der Waals surface area contributed by atoms with E-state index in [1.165, 1.54) is 6.20 Å². The molecular weight excluding hydrogens is 348 g/mol. The van der Waals surface area contributed by atoms with E-state index >= 15 is 0 Å². The molecule has 0 saturated carbocycles. The number of aliphatic hydroxyl groups excluding tert-OH is 1. The van der Waals surface area contributed by atoms with Crippen molar-refractivity contribution in [3.63, 3.8) is 0 Å². The first-order chi connectivity index (χ1) is 13.1. The van der Waals surface area contributed by atoms with Gasteiger partial charge in [0.1, 0.15) is 5.56 Å². The largest absolute Gasteiger partial charge is 0.462 e. The van der Waals surface area contributed by atoms with Crippen LogP contribution in [-0.4, -0.2) is 48.4 Å². The number of esters is 2. The van der Waals surface area contributed by atoms with E-state index < -0.39 is 11.9 Å². The number of fused-ring (bicyclic) bond motifs is 1. The van der Waals surface area contributed by atoms with Crippen LogP contribution in [0.25, 0.3) is 10.9 Å². The third-order valence-electron chi connectivity index (χ3n) is 4.01. The van der Waals surface area contributed by atoms with Crippen LogP contribution in [0.15, 0.2) is 24.4 Å². The molecule has 0 unspecified atom stereocenters. The number of benzene rings is 1. The van der Waals surface area contributed by atoms with Crippen molar-refractivity contribution in [3.05, 3.63) is 35.5 Å². The van der Waals surface area contributed by atoms with Gasteiger partial charge in [-0.25, -0.2) is 9.59 Å². The Morgan fingerprint density at radius 3 is 2.52 bits per heavy atom. The number of hydrogen-bond donors (Lipinski definition) is 2. The number of ether oxygens (including phenoxy) is 2. The molecule has 1 aromatic carbocycles. The molecule has 2 N–H and O–H groups in total. The predicted octanol–water partition coefficient (Wildman–Crippen LogP) is 3.16. The number of unbranched alkanes of at least 4 members (excludes halogenated alkanes) is 2. The lowest BCUT2D eigenvalue weighted by molar-refractivity contribution is 0.0518. The van der Waals surface area contributed by atoms with E-state index in [1.807, 2.05) is 0 Å². The van der Waals surface area contributed by atoms with Crippen molar-refractivity contribution < 1.29 is 24.2 Å². The van der Waals surface area contributed by atoms with Crippen LogP contribution >= 0.6 is 0 Å². The average Bonchev–Trinajstić information content (AvgIpc) is 2.67. The van der Waals surface area contributed by atoms with Gasteiger partial charge in [-0.05, 0) is 51.3 Å². The smallest absolute Gasteiger partial charge is 0.341 e. The van der Waals surface area contributed by atoms with Gasteiger partial charge in [0.05, 0.1) is 30.0 Å². The van der Waals surface area contributed by atoms with Crippen LogP contribution in [-0.2, 0) is 9.47 Å². The highest BCUT2D eigenvalue weighted by Gasteiger charge is 2.18. The first-order valence-electron chi connectivity index (χ1n) is 9.24. The second-order valence-electron chi connectivity index (χ2n) is 5.93. The fourth-order valence-corrected chi connectivity index (χ4v) is 2.72. The van der Waals surface area contributed by atoms with Crippen LogP contribution in [0.2, 0.25) is 0 Å². The van der Waals surface area contributed by atoms with Gasteiger partial charge in [-0.3, -0.25) is 4.98 Å². The second-order valence-corrected chi connectivity index (χ2v) is 5.93. The molecule has 0 bridgehead atoms. The molecule has 0 aliphatic heterocycles. The Balaban J connectivity index is 2.41. The number of pyridine rings is 1. The van der Waals surface area contributed by atoms with E-state index in [0.29, 0.717) is 34.3 Å². The highest BCUT2D eigenvalue weighted by molar-refractivity contribution is 6.06. The number of hydrogen-bond acceptors (Lipinski definition) is 7. The lowest BCUT2D eigenvalue weighted by atomic mass is 10.1. The SMILES string of the molecule is CCOC(=O)c1ccc2ncc(C(=O)OCC)c(NCCCCCO)c2c1. The zero-order valence-electron chi connectivity index (χ0n) is 15.8. The van der Waals surface area contributed by atoms with Crippen LogP contribution in [0.5, 0.6) is 0 Å². The summed E-state index contributed by atoms with van der Waals surface area (Å²) in [6.45, 7) is 4.82. The molecule has 27 heavy (non-hydrogen) atoms. The van der Waals surface area contributed by atoms with Crippen molar-refractivity contribution >= 4 is 28.5 Å². The topological polar surface area (TPSA) is 97.8 Å². The predicted molar refractivity (Wildman–Crippen MR) is 103 cm³/mol. The lowest BCUT2D eigenvalue weighted by Crippen LogP contribution is -2.12. The Kier molecular flexibility index (Phi) is 8.00. The van der Waals surface area contributed by atoms with Crippen LogP contribution in [0.3, 0.4) is 0 Å². The Morgan fingerprint density at radius 1 is 1.07 bits per heavy atom. The van der Waals surface area contributed by atoms with Gasteiger partial charge >= 0.3 is 11.9 Å². The molecule has 0 fully saturated rings. The van der Waals surface area contributed by atoms with E-state index in [0.717, 1.165) is 19.3 Å². The summed E-state index contributed by atoms with van der Waals surface area (Å²) in [4.78, 5) is 28.7. The molecule has 0 aliphatic carbocycles. The highest BCUT2D eigenvalue weighted by atomic mass is 16.5. The first kappa shape index (κ1) is 20.6. The third-order valence-corrected chi connectivity index (χ3v) is 4.01. The van der Waals surface area contributed by atoms with Gasteiger partial charge in [-0.2, -0.15) is 0 Å². The highest BCUT2D eigenvalue weighted by Crippen LogP contribution is 2.28. The first-order valence-corrected chi connectivity index (χ1v) is 9.24. The maximum Gasteiger partial charge on any atom is 0.341 e. The molecular formula is C20H26N2O5. The maximum absolute atomic E-state index is 12.3. The number of nitrogens with one attached hydrogen (secondary N) is 1. The Labute approximate surface area is 158 Å². The van der Waals surface area contributed by atoms with Crippen LogP contribution in [0.1, 0.15) is 53.8 Å². The van der Waals surface area contributed by atoms with Crippen LogP contribution < -0.4 is 5.32 Å². The summed E-state index contributed by atoms with van der Waals surface area (Å²) in [5.74, 6) is -0.888. The van der Waals surface area contributed by atoms with E-state index in [1.54, 1.807) is 32.0 Å². The second kappa shape index (κ2) is 10.5. The minimum atomic E-state index is -0.466. The van der Waals surface area contributed by atoms with Crippen molar-refractivity contribution in [1.82, 2.24) is 4.98 Å². The molecule has 1 aromatic heterocycles. The summed E-state index contributed by atoms with van der Waals surface area (Å²) >= 11 is 0. The molecule has 7 heteroatoms. The molecule has 146 valence electrons. The zero-order chi connectivity index (χ0) is 19.6. The summed E-state index contributed by atoms with van der Waals surface area (Å²) < 4.78 is 10.2. The van der Waals surface area contributed by atoms with Crippen molar-refractivity contribution in [2.75, 3.05) is 31.7 Å². The van der Waals surface area contributed by atoms with Gasteiger partial charge in [-0.15, -0.1) is 0 Å². The summed E-state index contributed by atoms with van der Waals surface area (Å²) in [7, 11) is 0. The van der Waals surface area contributed by atoms with Gasteiger partial charge in [0.15, 0.2) is 0 Å². The number of aliphatic hydroxyl groups is 1. The van der Waals surface area contributed by atoms with Gasteiger partial charge < -0.3 is 19.9 Å². The minimum Gasteiger partial charge on any atom is -0.462 e. The summed E-state index contributed by atoms with van der Waals surface area (Å²) in [6, 6.07) is 5.06. The molecule has 1 heterocycles. The molecule has 7 nitrogen and oxygen atoms in total. The van der Waals surface area contributed by atoms with Crippen molar-refractivity contribution in [3.8, 4) is 0 Å². The van der Waals surface area contributed by atoms with E-state index in [4.69, 9.17) is 14.6 Å². The minimum absolute atomic E-state index is 0.162. The average molecular weight is 374 g/mol. The zero-order valence-corrected chi connectivity index (χ0v) is 15.8. The quantitative estimate of drug-likeness (QED) is 0.487. The lowest BCUT2D eigenvalue weighted by Gasteiger charge is -2.14. The summed E-state index contributed by atoms with van der Waals surface area (Å²) in [5, 5.41) is 12.8. The van der Waals surface area contributed by atoms with Crippen LogP contribution in [0, 0.1) is 0 Å². The molecule has 0 saturated heterocycles. The molecule has 0 atom stereocenters. The molecule has 0 spiro atoms. The Bertz CT molecular complexity index is 786. The van der Waals surface area contributed by atoms with Gasteiger partial charge in [0.2, 0.25) is 0 Å². The maximum atomic E-state index is 12.3.